The molecule has 1 unspecified atom stereocenters. The molecule has 1 aromatic carbocycles. The summed E-state index contributed by atoms with van der Waals surface area (Å²) in [4.78, 5) is 49.8. The van der Waals surface area contributed by atoms with Crippen molar-refractivity contribution in [1.29, 1.82) is 0 Å². The molecule has 3 N–H and O–H groups in total. The van der Waals surface area contributed by atoms with Gasteiger partial charge in [-0.2, -0.15) is 0 Å². The van der Waals surface area contributed by atoms with Crippen LogP contribution in [-0.4, -0.2) is 61.8 Å². The molecule has 3 aliphatic heterocycles. The Morgan fingerprint density at radius 1 is 1.30 bits per heavy atom. The second-order valence-electron chi connectivity index (χ2n) is 7.67. The molecule has 1 aromatic rings. The Bertz CT molecular complexity index is 915. The number of hydrogen-bond acceptors (Lipinski definition) is 6. The van der Waals surface area contributed by atoms with Gasteiger partial charge < -0.3 is 20.3 Å². The lowest BCUT2D eigenvalue weighted by Gasteiger charge is -2.38. The summed E-state index contributed by atoms with van der Waals surface area (Å²) >= 11 is 0. The summed E-state index contributed by atoms with van der Waals surface area (Å²) in [5.74, 6) is -1.07. The van der Waals surface area contributed by atoms with E-state index >= 15 is 0 Å². The summed E-state index contributed by atoms with van der Waals surface area (Å²) < 4.78 is 20.1. The number of nitrogens with zero attached hydrogens (tertiary/aromatic N) is 2. The van der Waals surface area contributed by atoms with Crippen LogP contribution in [0.25, 0.3) is 0 Å². The van der Waals surface area contributed by atoms with Crippen molar-refractivity contribution in [2.75, 3.05) is 36.0 Å². The van der Waals surface area contributed by atoms with Crippen molar-refractivity contribution in [3.05, 3.63) is 24.0 Å². The molecule has 0 saturated carbocycles. The second-order valence-corrected chi connectivity index (χ2v) is 7.67. The third-order valence-corrected chi connectivity index (χ3v) is 5.67. The number of urea groups is 1. The highest BCUT2D eigenvalue weighted by Crippen LogP contribution is 2.32. The van der Waals surface area contributed by atoms with E-state index in [0.29, 0.717) is 37.3 Å². The Hall–Kier alpha value is -3.37. The fourth-order valence-corrected chi connectivity index (χ4v) is 4.03. The monoisotopic (exact) mass is 419 g/mol. The predicted octanol–water partition coefficient (Wildman–Crippen LogP) is 0.465. The molecule has 11 heteroatoms. The van der Waals surface area contributed by atoms with Crippen LogP contribution >= 0.6 is 0 Å². The van der Waals surface area contributed by atoms with Gasteiger partial charge in [-0.3, -0.25) is 19.8 Å². The third-order valence-electron chi connectivity index (χ3n) is 5.67. The smallest absolute Gasteiger partial charge is 0.414 e. The molecular weight excluding hydrogens is 397 g/mol. The number of benzene rings is 1. The molecule has 0 bridgehead atoms. The number of amides is 5. The quantitative estimate of drug-likeness (QED) is 0.610. The molecule has 0 aliphatic carbocycles. The molecule has 160 valence electrons. The molecule has 1 atom stereocenters. The molecule has 0 aromatic heterocycles. The van der Waals surface area contributed by atoms with Crippen molar-refractivity contribution in [3.63, 3.8) is 0 Å². The first-order valence-corrected chi connectivity index (χ1v) is 9.68. The van der Waals surface area contributed by atoms with Gasteiger partial charge in [-0.1, -0.05) is 0 Å². The van der Waals surface area contributed by atoms with E-state index in [-0.39, 0.29) is 24.9 Å². The molecule has 3 fully saturated rings. The van der Waals surface area contributed by atoms with Gasteiger partial charge in [0.25, 0.3) is 5.91 Å². The van der Waals surface area contributed by atoms with Crippen LogP contribution in [0.15, 0.2) is 18.2 Å². The number of piperidine rings is 1. The maximum Gasteiger partial charge on any atom is 0.414 e. The molecular formula is C19H22FN5O5. The van der Waals surface area contributed by atoms with E-state index in [4.69, 9.17) is 4.74 Å². The predicted molar refractivity (Wildman–Crippen MR) is 104 cm³/mol. The molecule has 4 rings (SSSR count). The number of cyclic esters (lactones) is 1. The van der Waals surface area contributed by atoms with Gasteiger partial charge in [0.05, 0.1) is 24.5 Å². The minimum atomic E-state index is -0.924. The Labute approximate surface area is 171 Å². The normalized spacial score (nSPS) is 22.7. The number of halogens is 1. The minimum absolute atomic E-state index is 0.192. The lowest BCUT2D eigenvalue weighted by atomic mass is 9.87. The molecule has 1 spiro atoms. The average Bonchev–Trinajstić information content (AvgIpc) is 3.20. The van der Waals surface area contributed by atoms with Gasteiger partial charge in [0.15, 0.2) is 0 Å². The number of imide groups is 1. The highest BCUT2D eigenvalue weighted by molar-refractivity contribution is 6.07. The SMILES string of the molecule is CC(=O)NCC1CN(c2ccc(N3CCC4(CC3)NC(=O)NC4=O)c(F)c2)C(=O)O1. The zero-order valence-electron chi connectivity index (χ0n) is 16.4. The van der Waals surface area contributed by atoms with Gasteiger partial charge in [0.1, 0.15) is 17.5 Å². The van der Waals surface area contributed by atoms with E-state index in [2.05, 4.69) is 16.0 Å². The highest BCUT2D eigenvalue weighted by atomic mass is 19.1. The van der Waals surface area contributed by atoms with Crippen LogP contribution in [-0.2, 0) is 14.3 Å². The van der Waals surface area contributed by atoms with Crippen LogP contribution < -0.4 is 25.8 Å². The van der Waals surface area contributed by atoms with Gasteiger partial charge in [-0.15, -0.1) is 0 Å². The van der Waals surface area contributed by atoms with Crippen LogP contribution in [0, 0.1) is 5.82 Å². The molecule has 3 aliphatic rings. The number of hydrogen-bond donors (Lipinski definition) is 3. The van der Waals surface area contributed by atoms with E-state index < -0.39 is 29.6 Å². The van der Waals surface area contributed by atoms with Crippen molar-refractivity contribution in [2.24, 2.45) is 0 Å². The van der Waals surface area contributed by atoms with Gasteiger partial charge in [0, 0.05) is 20.0 Å². The zero-order chi connectivity index (χ0) is 21.5. The number of carbonyl (C=O) groups is 4. The van der Waals surface area contributed by atoms with E-state index in [9.17, 15) is 23.6 Å². The number of ether oxygens (including phenoxy) is 1. The van der Waals surface area contributed by atoms with Crippen molar-refractivity contribution in [2.45, 2.75) is 31.4 Å². The minimum Gasteiger partial charge on any atom is -0.442 e. The molecule has 5 amide bonds. The highest BCUT2D eigenvalue weighted by Gasteiger charge is 2.48. The maximum absolute atomic E-state index is 14.8. The Morgan fingerprint density at radius 3 is 2.63 bits per heavy atom. The number of nitrogens with one attached hydrogen (secondary N) is 3. The van der Waals surface area contributed by atoms with Crippen LogP contribution in [0.5, 0.6) is 0 Å². The lowest BCUT2D eigenvalue weighted by molar-refractivity contribution is -0.124. The van der Waals surface area contributed by atoms with E-state index in [1.165, 1.54) is 17.9 Å². The summed E-state index contributed by atoms with van der Waals surface area (Å²) in [6, 6.07) is 3.99. The second kappa shape index (κ2) is 7.47. The Kier molecular flexibility index (Phi) is 4.96. The average molecular weight is 419 g/mol. The van der Waals surface area contributed by atoms with Crippen LogP contribution in [0.2, 0.25) is 0 Å². The molecule has 0 radical (unpaired) electrons. The topological polar surface area (TPSA) is 120 Å². The van der Waals surface area contributed by atoms with Crippen molar-refractivity contribution in [1.82, 2.24) is 16.0 Å². The Balaban J connectivity index is 1.42. The maximum atomic E-state index is 14.8. The fourth-order valence-electron chi connectivity index (χ4n) is 4.03. The standard InChI is InChI=1S/C19H22FN5O5/c1-11(26)21-9-13-10-25(18(29)30-13)12-2-3-15(14(20)8-12)24-6-4-19(5-7-24)16(27)22-17(28)23-19/h2-3,8,13H,4-7,9-10H2,1H3,(H,21,26)(H2,22,23,27,28). The van der Waals surface area contributed by atoms with Crippen LogP contribution in [0.1, 0.15) is 19.8 Å². The molecule has 3 saturated heterocycles. The van der Waals surface area contributed by atoms with Crippen molar-refractivity contribution >= 4 is 35.3 Å². The first-order chi connectivity index (χ1) is 14.3. The van der Waals surface area contributed by atoms with Gasteiger partial charge in [0.2, 0.25) is 5.91 Å². The van der Waals surface area contributed by atoms with Gasteiger partial charge in [-0.05, 0) is 31.0 Å². The van der Waals surface area contributed by atoms with Crippen LogP contribution in [0.4, 0.5) is 25.4 Å². The van der Waals surface area contributed by atoms with Crippen molar-refractivity contribution in [3.8, 4) is 0 Å². The molecule has 10 nitrogen and oxygen atoms in total. The first kappa shape index (κ1) is 19.9. The summed E-state index contributed by atoms with van der Waals surface area (Å²) in [7, 11) is 0. The van der Waals surface area contributed by atoms with E-state index in [0.717, 1.165) is 0 Å². The number of rotatable bonds is 4. The van der Waals surface area contributed by atoms with E-state index in [1.807, 2.05) is 4.90 Å². The van der Waals surface area contributed by atoms with Crippen molar-refractivity contribution < 1.29 is 28.3 Å². The summed E-state index contributed by atoms with van der Waals surface area (Å²) in [6.07, 6.45) is -0.361. The number of anilines is 2. The molecule has 30 heavy (non-hydrogen) atoms. The largest absolute Gasteiger partial charge is 0.442 e. The lowest BCUT2D eigenvalue weighted by Crippen LogP contribution is -2.55. The third kappa shape index (κ3) is 3.62. The first-order valence-electron chi connectivity index (χ1n) is 9.68. The zero-order valence-corrected chi connectivity index (χ0v) is 16.4. The van der Waals surface area contributed by atoms with Gasteiger partial charge >= 0.3 is 12.1 Å². The number of carbonyl (C=O) groups excluding carboxylic acids is 4. The van der Waals surface area contributed by atoms with Gasteiger partial charge in [-0.25, -0.2) is 14.0 Å². The molecule has 3 heterocycles. The Morgan fingerprint density at radius 2 is 2.03 bits per heavy atom. The van der Waals surface area contributed by atoms with E-state index in [1.54, 1.807) is 12.1 Å². The summed E-state index contributed by atoms with van der Waals surface area (Å²) in [5.41, 5.74) is -0.199. The fraction of sp³-hybridized carbons (Fsp3) is 0.474. The van der Waals surface area contributed by atoms with Crippen LogP contribution in [0.3, 0.4) is 0 Å². The summed E-state index contributed by atoms with van der Waals surface area (Å²) in [5, 5.41) is 7.52. The summed E-state index contributed by atoms with van der Waals surface area (Å²) in [6.45, 7) is 2.57.